The number of carbonyl (C=O) groups excluding carboxylic acids is 1. The van der Waals surface area contributed by atoms with Crippen molar-refractivity contribution in [1.29, 1.82) is 0 Å². The number of amides is 1. The van der Waals surface area contributed by atoms with Crippen LogP contribution in [0.15, 0.2) is 56.9 Å². The summed E-state index contributed by atoms with van der Waals surface area (Å²) in [5.41, 5.74) is 2.08. The van der Waals surface area contributed by atoms with Crippen LogP contribution in [0.3, 0.4) is 0 Å². The van der Waals surface area contributed by atoms with Crippen molar-refractivity contribution in [3.8, 4) is 11.3 Å². The molecule has 0 radical (unpaired) electrons. The van der Waals surface area contributed by atoms with Crippen LogP contribution in [0.1, 0.15) is 18.7 Å². The molecule has 6 nitrogen and oxygen atoms in total. The van der Waals surface area contributed by atoms with E-state index in [1.165, 1.54) is 18.7 Å². The third-order valence-electron chi connectivity index (χ3n) is 4.49. The monoisotopic (exact) mass is 477 g/mol. The molecule has 2 heterocycles. The third kappa shape index (κ3) is 3.15. The zero-order chi connectivity index (χ0) is 20.0. The molecule has 1 N–H and O–H groups in total. The molecule has 0 bridgehead atoms. The van der Waals surface area contributed by atoms with Gasteiger partial charge in [0.1, 0.15) is 0 Å². The van der Waals surface area contributed by atoms with Gasteiger partial charge < -0.3 is 0 Å². The molecular weight excluding hydrogens is 464 g/mol. The molecule has 4 rings (SSSR count). The van der Waals surface area contributed by atoms with E-state index in [1.54, 1.807) is 27.8 Å². The maximum absolute atomic E-state index is 13.0. The molecule has 0 fully saturated rings. The number of benzene rings is 2. The summed E-state index contributed by atoms with van der Waals surface area (Å²) in [5, 5.41) is 5.55. The van der Waals surface area contributed by atoms with Gasteiger partial charge in [0.15, 0.2) is 0 Å². The summed E-state index contributed by atoms with van der Waals surface area (Å²) in [6, 6.07) is 12.8. The van der Waals surface area contributed by atoms with Gasteiger partial charge in [-0.3, -0.25) is 14.6 Å². The maximum Gasteiger partial charge on any atom is 0.325 e. The third-order valence-corrected chi connectivity index (χ3v) is 5.79. The molecule has 1 atom stereocenters. The molecule has 0 saturated heterocycles. The molecule has 0 unspecified atom stereocenters. The van der Waals surface area contributed by atoms with Crippen molar-refractivity contribution < 1.29 is 9.48 Å². The van der Waals surface area contributed by atoms with Gasteiger partial charge in [0.25, 0.3) is 6.17 Å². The lowest BCUT2D eigenvalue weighted by molar-refractivity contribution is -0.763. The van der Waals surface area contributed by atoms with Gasteiger partial charge in [0.05, 0.1) is 11.3 Å². The summed E-state index contributed by atoms with van der Waals surface area (Å²) in [7, 11) is 0. The van der Waals surface area contributed by atoms with E-state index in [4.69, 9.17) is 11.6 Å². The SMILES string of the molecule is CSc1n[n+]2c(c(=O)[nH]1)-c1cc(Cl)ccc1N(C(C)=O)[C@@H]2c1cccc(Br)c1. The van der Waals surface area contributed by atoms with E-state index >= 15 is 0 Å². The average molecular weight is 479 g/mol. The second-order valence-electron chi connectivity index (χ2n) is 6.24. The summed E-state index contributed by atoms with van der Waals surface area (Å²) < 4.78 is 2.47. The number of rotatable bonds is 2. The molecule has 28 heavy (non-hydrogen) atoms. The Balaban J connectivity index is 2.12. The number of thioether (sulfide) groups is 1. The predicted octanol–water partition coefficient (Wildman–Crippen LogP) is 3.78. The maximum atomic E-state index is 13.0. The number of H-pyrrole nitrogens is 1. The second kappa shape index (κ2) is 7.35. The number of nitrogens with one attached hydrogen (secondary N) is 1. The van der Waals surface area contributed by atoms with Crippen LogP contribution in [0.4, 0.5) is 5.69 Å². The number of aromatic amines is 1. The number of carbonyl (C=O) groups is 1. The number of anilines is 1. The smallest absolute Gasteiger partial charge is 0.291 e. The van der Waals surface area contributed by atoms with Crippen molar-refractivity contribution in [3.05, 3.63) is 67.9 Å². The van der Waals surface area contributed by atoms with E-state index in [1.807, 2.05) is 30.5 Å². The second-order valence-corrected chi connectivity index (χ2v) is 8.38. The van der Waals surface area contributed by atoms with Gasteiger partial charge >= 0.3 is 11.3 Å². The van der Waals surface area contributed by atoms with E-state index in [-0.39, 0.29) is 11.5 Å². The van der Waals surface area contributed by atoms with Crippen LogP contribution in [0.5, 0.6) is 0 Å². The fourth-order valence-electron chi connectivity index (χ4n) is 3.40. The molecule has 0 spiro atoms. The Kier molecular flexibility index (Phi) is 5.03. The lowest BCUT2D eigenvalue weighted by Gasteiger charge is -2.31. The number of halogens is 2. The Morgan fingerprint density at radius 3 is 2.79 bits per heavy atom. The van der Waals surface area contributed by atoms with E-state index in [9.17, 15) is 9.59 Å². The molecular formula is C19H15BrClN4O2S+. The first kappa shape index (κ1) is 19.2. The largest absolute Gasteiger partial charge is 0.325 e. The molecule has 9 heteroatoms. The summed E-state index contributed by atoms with van der Waals surface area (Å²) in [5.74, 6) is -0.167. The molecule has 142 valence electrons. The minimum atomic E-state index is -0.605. The van der Waals surface area contributed by atoms with Gasteiger partial charge in [0.2, 0.25) is 11.1 Å². The van der Waals surface area contributed by atoms with Gasteiger partial charge in [-0.25, -0.2) is 4.90 Å². The first-order valence-corrected chi connectivity index (χ1v) is 10.8. The molecule has 1 amide bonds. The summed E-state index contributed by atoms with van der Waals surface area (Å²) >= 11 is 11.0. The van der Waals surface area contributed by atoms with E-state index in [0.717, 1.165) is 10.0 Å². The van der Waals surface area contributed by atoms with Crippen LogP contribution in [0, 0.1) is 0 Å². The van der Waals surface area contributed by atoms with E-state index < -0.39 is 6.17 Å². The van der Waals surface area contributed by atoms with Crippen molar-refractivity contribution in [2.24, 2.45) is 0 Å². The highest BCUT2D eigenvalue weighted by Crippen LogP contribution is 2.39. The van der Waals surface area contributed by atoms with Crippen molar-refractivity contribution in [1.82, 2.24) is 10.1 Å². The van der Waals surface area contributed by atoms with Crippen molar-refractivity contribution in [2.45, 2.75) is 18.2 Å². The fraction of sp³-hybridized carbons (Fsp3) is 0.158. The van der Waals surface area contributed by atoms with Crippen molar-refractivity contribution in [3.63, 3.8) is 0 Å². The lowest BCUT2D eigenvalue weighted by Crippen LogP contribution is -2.60. The molecule has 3 aromatic rings. The van der Waals surface area contributed by atoms with E-state index in [2.05, 4.69) is 26.0 Å². The number of fused-ring (bicyclic) bond motifs is 3. The zero-order valence-corrected chi connectivity index (χ0v) is 18.1. The fourth-order valence-corrected chi connectivity index (χ4v) is 4.35. The average Bonchev–Trinajstić information content (AvgIpc) is 2.66. The molecule has 0 saturated carbocycles. The van der Waals surface area contributed by atoms with Crippen LogP contribution in [-0.2, 0) is 4.79 Å². The Morgan fingerprint density at radius 2 is 2.11 bits per heavy atom. The predicted molar refractivity (Wildman–Crippen MR) is 113 cm³/mol. The molecule has 1 aliphatic rings. The first-order valence-electron chi connectivity index (χ1n) is 8.36. The highest BCUT2D eigenvalue weighted by molar-refractivity contribution is 9.10. The summed E-state index contributed by atoms with van der Waals surface area (Å²) in [6.07, 6.45) is 1.22. The minimum absolute atomic E-state index is 0.167. The van der Waals surface area contributed by atoms with Crippen LogP contribution >= 0.6 is 39.3 Å². The highest BCUT2D eigenvalue weighted by atomic mass is 79.9. The van der Waals surface area contributed by atoms with Crippen LogP contribution < -0.4 is 15.1 Å². The normalized spacial score (nSPS) is 15.1. The standard InChI is InChI=1S/C19H14BrClN4O2S/c1-10(26)24-15-7-6-13(21)9-14(15)16-17(27)22-19(28-2)23-25(16)18(24)11-4-3-5-12(20)8-11/h3-9,18H,1-2H3/p+1/t18-/m0/s1. The number of nitrogens with zero attached hydrogens (tertiary/aromatic N) is 3. The van der Waals surface area contributed by atoms with Crippen molar-refractivity contribution in [2.75, 3.05) is 11.2 Å². The minimum Gasteiger partial charge on any atom is -0.291 e. The summed E-state index contributed by atoms with van der Waals surface area (Å²) in [6.45, 7) is 1.50. The molecule has 1 aromatic heterocycles. The topological polar surface area (TPSA) is 69.9 Å². The lowest BCUT2D eigenvalue weighted by atomic mass is 10.0. The Labute approximate surface area is 178 Å². The quantitative estimate of drug-likeness (QED) is 0.450. The van der Waals surface area contributed by atoms with Gasteiger partial charge in [-0.2, -0.15) is 0 Å². The van der Waals surface area contributed by atoms with Crippen molar-refractivity contribution >= 4 is 50.9 Å². The van der Waals surface area contributed by atoms with Gasteiger partial charge in [-0.15, -0.1) is 0 Å². The Morgan fingerprint density at radius 1 is 1.32 bits per heavy atom. The number of hydrogen-bond acceptors (Lipinski definition) is 4. The molecule has 0 aliphatic carbocycles. The Bertz CT molecular complexity index is 1170. The molecule has 1 aliphatic heterocycles. The first-order chi connectivity index (χ1) is 13.4. The van der Waals surface area contributed by atoms with Gasteiger partial charge in [-0.1, -0.05) is 51.4 Å². The summed E-state index contributed by atoms with van der Waals surface area (Å²) in [4.78, 5) is 30.1. The van der Waals surface area contributed by atoms with Gasteiger partial charge in [-0.05, 0) is 41.3 Å². The van der Waals surface area contributed by atoms with Crippen LogP contribution in [-0.4, -0.2) is 22.2 Å². The zero-order valence-electron chi connectivity index (χ0n) is 14.9. The molecule has 2 aromatic carbocycles. The number of hydrogen-bond donors (Lipinski definition) is 1. The Hall–Kier alpha value is -2.16. The number of aromatic nitrogens is 3. The van der Waals surface area contributed by atoms with E-state index in [0.29, 0.717) is 27.1 Å². The highest BCUT2D eigenvalue weighted by Gasteiger charge is 2.45. The van der Waals surface area contributed by atoms with Crippen LogP contribution in [0.25, 0.3) is 11.3 Å². The van der Waals surface area contributed by atoms with Gasteiger partial charge in [0, 0.05) is 27.1 Å². The van der Waals surface area contributed by atoms with Crippen LogP contribution in [0.2, 0.25) is 5.02 Å².